The van der Waals surface area contributed by atoms with Crippen LogP contribution in [0.4, 0.5) is 0 Å². The molecule has 1 amide bonds. The summed E-state index contributed by atoms with van der Waals surface area (Å²) in [4.78, 5) is 25.4. The number of ether oxygens (including phenoxy) is 2. The average Bonchev–Trinajstić information content (AvgIpc) is 2.83. The number of rotatable bonds is 6. The molecule has 0 spiro atoms. The third-order valence-electron chi connectivity index (χ3n) is 3.53. The number of carboxylic acid groups (broad SMARTS) is 1. The van der Waals surface area contributed by atoms with Crippen molar-refractivity contribution < 1.29 is 24.2 Å². The summed E-state index contributed by atoms with van der Waals surface area (Å²) in [5.41, 5.74) is 0.683. The van der Waals surface area contributed by atoms with Crippen LogP contribution in [0.5, 0.6) is 11.5 Å². The highest BCUT2D eigenvalue weighted by Gasteiger charge is 2.39. The van der Waals surface area contributed by atoms with Crippen molar-refractivity contribution in [3.05, 3.63) is 28.7 Å². The Balaban J connectivity index is 2.37. The minimum Gasteiger partial charge on any atom is -0.497 e. The second-order valence-corrected chi connectivity index (χ2v) is 6.60. The van der Waals surface area contributed by atoms with Crippen LogP contribution >= 0.6 is 24.0 Å². The summed E-state index contributed by atoms with van der Waals surface area (Å²) in [6.07, 6.45) is 1.92. The first kappa shape index (κ1) is 18.3. The standard InChI is InChI=1S/C16H17NO5S2/c1-4-11(15(19)20)17-14(18)13(24-16(17)23)7-9-5-6-10(21-2)8-12(9)22-3/h5-8,11H,4H2,1-3H3,(H,19,20). The molecule has 0 bridgehead atoms. The molecule has 1 unspecified atom stereocenters. The van der Waals surface area contributed by atoms with Gasteiger partial charge in [-0.3, -0.25) is 9.69 Å². The Labute approximate surface area is 149 Å². The molecule has 1 aromatic rings. The quantitative estimate of drug-likeness (QED) is 0.612. The number of nitrogens with zero attached hydrogens (tertiary/aromatic N) is 1. The second-order valence-electron chi connectivity index (χ2n) is 4.92. The van der Waals surface area contributed by atoms with Crippen LogP contribution in [-0.4, -0.2) is 46.5 Å². The van der Waals surface area contributed by atoms with Gasteiger partial charge in [0, 0.05) is 11.6 Å². The lowest BCUT2D eigenvalue weighted by atomic mass is 10.1. The molecule has 2 rings (SSSR count). The maximum absolute atomic E-state index is 12.6. The zero-order valence-electron chi connectivity index (χ0n) is 13.4. The largest absolute Gasteiger partial charge is 0.497 e. The molecule has 0 radical (unpaired) electrons. The van der Waals surface area contributed by atoms with Crippen molar-refractivity contribution in [1.29, 1.82) is 0 Å². The molecule has 1 aliphatic heterocycles. The summed E-state index contributed by atoms with van der Waals surface area (Å²) in [6, 6.07) is 4.26. The van der Waals surface area contributed by atoms with Gasteiger partial charge in [0.15, 0.2) is 0 Å². The highest BCUT2D eigenvalue weighted by Crippen LogP contribution is 2.36. The van der Waals surface area contributed by atoms with Gasteiger partial charge in [0.05, 0.1) is 19.1 Å². The topological polar surface area (TPSA) is 76.1 Å². The number of aliphatic carboxylic acids is 1. The number of thiocarbonyl (C=S) groups is 1. The number of thioether (sulfide) groups is 1. The van der Waals surface area contributed by atoms with Crippen LogP contribution < -0.4 is 9.47 Å². The Morgan fingerprint density at radius 2 is 2.12 bits per heavy atom. The van der Waals surface area contributed by atoms with E-state index >= 15 is 0 Å². The molecule has 1 aromatic carbocycles. The van der Waals surface area contributed by atoms with Crippen LogP contribution in [0.2, 0.25) is 0 Å². The molecule has 1 aliphatic rings. The fourth-order valence-electron chi connectivity index (χ4n) is 2.30. The number of hydrogen-bond acceptors (Lipinski definition) is 6. The third kappa shape index (κ3) is 3.54. The van der Waals surface area contributed by atoms with E-state index < -0.39 is 17.9 Å². The molecule has 1 fully saturated rings. The van der Waals surface area contributed by atoms with Gasteiger partial charge in [0.2, 0.25) is 0 Å². The number of carbonyl (C=O) groups is 2. The number of hydrogen-bond donors (Lipinski definition) is 1. The van der Waals surface area contributed by atoms with Gasteiger partial charge in [-0.25, -0.2) is 4.79 Å². The Hall–Kier alpha value is -2.06. The molecular formula is C16H17NO5S2. The summed E-state index contributed by atoms with van der Waals surface area (Å²) in [5.74, 6) is -0.299. The van der Waals surface area contributed by atoms with Crippen LogP contribution in [-0.2, 0) is 9.59 Å². The molecule has 0 aliphatic carbocycles. The first-order chi connectivity index (χ1) is 11.4. The normalized spacial score (nSPS) is 17.3. The number of amides is 1. The van der Waals surface area contributed by atoms with Crippen molar-refractivity contribution in [2.75, 3.05) is 14.2 Å². The van der Waals surface area contributed by atoms with Crippen LogP contribution in [0.3, 0.4) is 0 Å². The molecule has 0 saturated carbocycles. The molecule has 1 atom stereocenters. The minimum absolute atomic E-state index is 0.243. The monoisotopic (exact) mass is 367 g/mol. The lowest BCUT2D eigenvalue weighted by molar-refractivity contribution is -0.145. The van der Waals surface area contributed by atoms with Gasteiger partial charge in [0.1, 0.15) is 21.9 Å². The molecule has 24 heavy (non-hydrogen) atoms. The second kappa shape index (κ2) is 7.67. The number of benzene rings is 1. The van der Waals surface area contributed by atoms with Gasteiger partial charge >= 0.3 is 5.97 Å². The van der Waals surface area contributed by atoms with E-state index in [-0.39, 0.29) is 10.7 Å². The van der Waals surface area contributed by atoms with Crippen molar-refractivity contribution in [2.24, 2.45) is 0 Å². The van der Waals surface area contributed by atoms with Crippen molar-refractivity contribution in [1.82, 2.24) is 4.90 Å². The zero-order chi connectivity index (χ0) is 17.9. The van der Waals surface area contributed by atoms with Crippen LogP contribution in [0.1, 0.15) is 18.9 Å². The zero-order valence-corrected chi connectivity index (χ0v) is 15.1. The first-order valence-corrected chi connectivity index (χ1v) is 8.37. The number of methoxy groups -OCH3 is 2. The fourth-order valence-corrected chi connectivity index (χ4v) is 3.64. The van der Waals surface area contributed by atoms with E-state index in [9.17, 15) is 14.7 Å². The van der Waals surface area contributed by atoms with Crippen molar-refractivity contribution in [2.45, 2.75) is 19.4 Å². The van der Waals surface area contributed by atoms with E-state index in [1.54, 1.807) is 38.3 Å². The Morgan fingerprint density at radius 3 is 2.67 bits per heavy atom. The third-order valence-corrected chi connectivity index (χ3v) is 4.86. The predicted molar refractivity (Wildman–Crippen MR) is 96.3 cm³/mol. The maximum Gasteiger partial charge on any atom is 0.326 e. The van der Waals surface area contributed by atoms with Gasteiger partial charge in [-0.1, -0.05) is 30.9 Å². The molecule has 1 heterocycles. The molecular weight excluding hydrogens is 350 g/mol. The molecule has 128 valence electrons. The SMILES string of the molecule is CCC(C(=O)O)N1C(=O)C(=Cc2ccc(OC)cc2OC)SC1=S. The Morgan fingerprint density at radius 1 is 1.42 bits per heavy atom. The fraction of sp³-hybridized carbons (Fsp3) is 0.312. The van der Waals surface area contributed by atoms with E-state index in [1.165, 1.54) is 7.11 Å². The molecule has 1 N–H and O–H groups in total. The molecule has 0 aromatic heterocycles. The van der Waals surface area contributed by atoms with E-state index in [4.69, 9.17) is 21.7 Å². The summed E-state index contributed by atoms with van der Waals surface area (Å²) >= 11 is 6.27. The van der Waals surface area contributed by atoms with Gasteiger partial charge in [-0.2, -0.15) is 0 Å². The Kier molecular flexibility index (Phi) is 5.84. The van der Waals surface area contributed by atoms with E-state index in [0.29, 0.717) is 22.0 Å². The van der Waals surface area contributed by atoms with Gasteiger partial charge < -0.3 is 14.6 Å². The first-order valence-electron chi connectivity index (χ1n) is 7.14. The summed E-state index contributed by atoms with van der Waals surface area (Å²) in [5, 5.41) is 9.27. The van der Waals surface area contributed by atoms with Crippen LogP contribution in [0.25, 0.3) is 6.08 Å². The smallest absolute Gasteiger partial charge is 0.326 e. The lowest BCUT2D eigenvalue weighted by Crippen LogP contribution is -2.43. The highest BCUT2D eigenvalue weighted by molar-refractivity contribution is 8.26. The lowest BCUT2D eigenvalue weighted by Gasteiger charge is -2.21. The number of carbonyl (C=O) groups excluding carboxylic acids is 1. The van der Waals surface area contributed by atoms with Crippen LogP contribution in [0.15, 0.2) is 23.1 Å². The van der Waals surface area contributed by atoms with E-state index in [1.807, 2.05) is 0 Å². The summed E-state index contributed by atoms with van der Waals surface area (Å²) < 4.78 is 10.7. The van der Waals surface area contributed by atoms with Crippen molar-refractivity contribution >= 4 is 46.3 Å². The van der Waals surface area contributed by atoms with Crippen LogP contribution in [0, 0.1) is 0 Å². The van der Waals surface area contributed by atoms with Crippen molar-refractivity contribution in [3.8, 4) is 11.5 Å². The summed E-state index contributed by atoms with van der Waals surface area (Å²) in [6.45, 7) is 1.70. The maximum atomic E-state index is 12.6. The van der Waals surface area contributed by atoms with Gasteiger partial charge in [-0.05, 0) is 24.6 Å². The highest BCUT2D eigenvalue weighted by atomic mass is 32.2. The van der Waals surface area contributed by atoms with Gasteiger partial charge in [-0.15, -0.1) is 0 Å². The number of carboxylic acids is 1. The van der Waals surface area contributed by atoms with Gasteiger partial charge in [0.25, 0.3) is 5.91 Å². The van der Waals surface area contributed by atoms with E-state index in [0.717, 1.165) is 16.7 Å². The molecule has 8 heteroatoms. The molecule has 1 saturated heterocycles. The minimum atomic E-state index is -1.07. The Bertz CT molecular complexity index is 716. The predicted octanol–water partition coefficient (Wildman–Crippen LogP) is 2.77. The molecule has 6 nitrogen and oxygen atoms in total. The van der Waals surface area contributed by atoms with E-state index in [2.05, 4.69) is 0 Å². The van der Waals surface area contributed by atoms with Crippen molar-refractivity contribution in [3.63, 3.8) is 0 Å². The summed E-state index contributed by atoms with van der Waals surface area (Å²) in [7, 11) is 3.07. The average molecular weight is 367 g/mol.